The summed E-state index contributed by atoms with van der Waals surface area (Å²) >= 11 is 0. The van der Waals surface area contributed by atoms with Gasteiger partial charge in [0.25, 0.3) is 0 Å². The second kappa shape index (κ2) is 9.88. The molecule has 182 valence electrons. The van der Waals surface area contributed by atoms with E-state index in [0.29, 0.717) is 19.4 Å². The SMILES string of the molecule is CC(=O)N1CCc2cc(S(=O)(=O)N[C@H](CC(C)C)C(=O)N[C@@H]3CCCc4ccccc43)ccc21. The number of fused-ring (bicyclic) bond motifs is 2. The monoisotopic (exact) mass is 483 g/mol. The molecule has 34 heavy (non-hydrogen) atoms. The van der Waals surface area contributed by atoms with Crippen molar-refractivity contribution in [3.8, 4) is 0 Å². The van der Waals surface area contributed by atoms with Gasteiger partial charge in [0, 0.05) is 19.2 Å². The van der Waals surface area contributed by atoms with Gasteiger partial charge in [0.05, 0.1) is 10.9 Å². The highest BCUT2D eigenvalue weighted by molar-refractivity contribution is 7.89. The van der Waals surface area contributed by atoms with Crippen LogP contribution in [0.3, 0.4) is 0 Å². The molecule has 0 radical (unpaired) electrons. The van der Waals surface area contributed by atoms with E-state index in [9.17, 15) is 18.0 Å². The number of anilines is 1. The van der Waals surface area contributed by atoms with Crippen molar-refractivity contribution in [2.45, 2.75) is 69.9 Å². The third-order valence-corrected chi connectivity index (χ3v) is 8.11. The van der Waals surface area contributed by atoms with Crippen molar-refractivity contribution in [2.75, 3.05) is 11.4 Å². The van der Waals surface area contributed by atoms with Gasteiger partial charge in [-0.15, -0.1) is 0 Å². The van der Waals surface area contributed by atoms with Crippen LogP contribution in [0, 0.1) is 5.92 Å². The van der Waals surface area contributed by atoms with Crippen LogP contribution < -0.4 is 14.9 Å². The molecule has 0 saturated heterocycles. The van der Waals surface area contributed by atoms with Gasteiger partial charge < -0.3 is 10.2 Å². The quantitative estimate of drug-likeness (QED) is 0.630. The van der Waals surface area contributed by atoms with E-state index >= 15 is 0 Å². The Hall–Kier alpha value is -2.71. The van der Waals surface area contributed by atoms with E-state index in [-0.39, 0.29) is 28.7 Å². The number of nitrogens with zero attached hydrogens (tertiary/aromatic N) is 1. The average molecular weight is 484 g/mol. The molecule has 7 nitrogen and oxygen atoms in total. The Morgan fingerprint density at radius 2 is 1.85 bits per heavy atom. The molecule has 0 fully saturated rings. The fourth-order valence-electron chi connectivity index (χ4n) is 4.98. The zero-order chi connectivity index (χ0) is 24.5. The third kappa shape index (κ3) is 5.18. The summed E-state index contributed by atoms with van der Waals surface area (Å²) in [5, 5.41) is 3.10. The van der Waals surface area contributed by atoms with Crippen molar-refractivity contribution < 1.29 is 18.0 Å². The molecule has 2 aliphatic rings. The first-order chi connectivity index (χ1) is 16.2. The van der Waals surface area contributed by atoms with E-state index in [1.807, 2.05) is 32.0 Å². The van der Waals surface area contributed by atoms with Crippen LogP contribution in [0.5, 0.6) is 0 Å². The van der Waals surface area contributed by atoms with Crippen LogP contribution in [0.25, 0.3) is 0 Å². The fraction of sp³-hybridized carbons (Fsp3) is 0.462. The number of nitrogens with one attached hydrogen (secondary N) is 2. The van der Waals surface area contributed by atoms with Gasteiger partial charge in [-0.2, -0.15) is 4.72 Å². The van der Waals surface area contributed by atoms with Crippen molar-refractivity contribution >= 4 is 27.5 Å². The van der Waals surface area contributed by atoms with Gasteiger partial charge in [-0.3, -0.25) is 9.59 Å². The molecule has 0 spiro atoms. The molecule has 2 atom stereocenters. The highest BCUT2D eigenvalue weighted by Crippen LogP contribution is 2.31. The van der Waals surface area contributed by atoms with E-state index in [2.05, 4.69) is 16.1 Å². The molecular weight excluding hydrogens is 450 g/mol. The number of sulfonamides is 1. The molecule has 0 aromatic heterocycles. The second-order valence-corrected chi connectivity index (χ2v) is 11.4. The topological polar surface area (TPSA) is 95.6 Å². The summed E-state index contributed by atoms with van der Waals surface area (Å²) in [7, 11) is -3.93. The molecule has 4 rings (SSSR count). The molecular formula is C26H33N3O4S. The largest absolute Gasteiger partial charge is 0.348 e. The first-order valence-corrected chi connectivity index (χ1v) is 13.5. The standard InChI is InChI=1S/C26H33N3O4S/c1-17(2)15-24(26(31)27-23-10-6-8-19-7-4-5-9-22(19)23)28-34(32,33)21-11-12-25-20(16-21)13-14-29(25)18(3)30/h4-5,7,9,11-12,16-17,23-24,28H,6,8,10,13-15H2,1-3H3,(H,27,31)/t23-,24-/m1/s1. The van der Waals surface area contributed by atoms with Crippen molar-refractivity contribution in [1.29, 1.82) is 0 Å². The number of benzene rings is 2. The molecule has 0 bridgehead atoms. The van der Waals surface area contributed by atoms with Crippen molar-refractivity contribution in [1.82, 2.24) is 10.0 Å². The average Bonchev–Trinajstić information content (AvgIpc) is 3.22. The van der Waals surface area contributed by atoms with E-state index in [1.54, 1.807) is 17.0 Å². The van der Waals surface area contributed by atoms with Crippen LogP contribution in [-0.4, -0.2) is 32.8 Å². The minimum Gasteiger partial charge on any atom is -0.348 e. The summed E-state index contributed by atoms with van der Waals surface area (Å²) in [5.74, 6) is -0.241. The number of hydrogen-bond donors (Lipinski definition) is 2. The Morgan fingerprint density at radius 1 is 1.09 bits per heavy atom. The molecule has 2 aromatic carbocycles. The van der Waals surface area contributed by atoms with E-state index in [4.69, 9.17) is 0 Å². The number of carbonyl (C=O) groups excluding carboxylic acids is 2. The minimum absolute atomic E-state index is 0.0644. The predicted octanol–water partition coefficient (Wildman–Crippen LogP) is 3.48. The summed E-state index contributed by atoms with van der Waals surface area (Å²) in [4.78, 5) is 26.9. The minimum atomic E-state index is -3.93. The Bertz CT molecular complexity index is 1190. The summed E-state index contributed by atoms with van der Waals surface area (Å²) in [6.07, 6.45) is 3.80. The zero-order valence-electron chi connectivity index (χ0n) is 20.0. The Kier molecular flexibility index (Phi) is 7.09. The maximum Gasteiger partial charge on any atom is 0.241 e. The number of hydrogen-bond acceptors (Lipinski definition) is 4. The van der Waals surface area contributed by atoms with Gasteiger partial charge in [-0.1, -0.05) is 38.1 Å². The molecule has 2 aromatic rings. The van der Waals surface area contributed by atoms with Gasteiger partial charge in [0.15, 0.2) is 0 Å². The molecule has 0 unspecified atom stereocenters. The smallest absolute Gasteiger partial charge is 0.241 e. The molecule has 0 saturated carbocycles. The Labute approximate surface area is 202 Å². The van der Waals surface area contributed by atoms with Crippen LogP contribution in [0.1, 0.15) is 62.8 Å². The summed E-state index contributed by atoms with van der Waals surface area (Å²) in [5.41, 5.74) is 3.92. The van der Waals surface area contributed by atoms with Crippen LogP contribution in [0.2, 0.25) is 0 Å². The molecule has 1 heterocycles. The Morgan fingerprint density at radius 3 is 2.59 bits per heavy atom. The van der Waals surface area contributed by atoms with Crippen molar-refractivity contribution in [3.05, 3.63) is 59.2 Å². The molecule has 2 N–H and O–H groups in total. The number of aryl methyl sites for hydroxylation is 1. The number of rotatable bonds is 7. The lowest BCUT2D eigenvalue weighted by atomic mass is 9.87. The predicted molar refractivity (Wildman–Crippen MR) is 132 cm³/mol. The summed E-state index contributed by atoms with van der Waals surface area (Å²) in [6, 6.07) is 11.9. The lowest BCUT2D eigenvalue weighted by Gasteiger charge is -2.29. The molecule has 2 amide bonds. The fourth-order valence-corrected chi connectivity index (χ4v) is 6.24. The molecule has 1 aliphatic carbocycles. The number of amides is 2. The van der Waals surface area contributed by atoms with Gasteiger partial charge in [-0.05, 0) is 72.9 Å². The van der Waals surface area contributed by atoms with E-state index in [1.165, 1.54) is 18.6 Å². The van der Waals surface area contributed by atoms with Crippen molar-refractivity contribution in [3.63, 3.8) is 0 Å². The summed E-state index contributed by atoms with van der Waals surface area (Å²) in [6.45, 7) is 5.98. The van der Waals surface area contributed by atoms with Crippen LogP contribution in [-0.2, 0) is 32.5 Å². The lowest BCUT2D eigenvalue weighted by molar-refractivity contribution is -0.124. The normalized spacial score (nSPS) is 18.4. The van der Waals surface area contributed by atoms with Gasteiger partial charge in [0.1, 0.15) is 6.04 Å². The highest BCUT2D eigenvalue weighted by atomic mass is 32.2. The lowest BCUT2D eigenvalue weighted by Crippen LogP contribution is -2.48. The summed E-state index contributed by atoms with van der Waals surface area (Å²) < 4.78 is 29.2. The first kappa shape index (κ1) is 24.4. The van der Waals surface area contributed by atoms with Crippen LogP contribution in [0.4, 0.5) is 5.69 Å². The second-order valence-electron chi connectivity index (χ2n) is 9.67. The molecule has 1 aliphatic heterocycles. The maximum absolute atomic E-state index is 13.3. The first-order valence-electron chi connectivity index (χ1n) is 12.0. The van der Waals surface area contributed by atoms with Gasteiger partial charge in [0.2, 0.25) is 21.8 Å². The number of carbonyl (C=O) groups is 2. The van der Waals surface area contributed by atoms with Crippen molar-refractivity contribution in [2.24, 2.45) is 5.92 Å². The maximum atomic E-state index is 13.3. The van der Waals surface area contributed by atoms with Crippen LogP contribution in [0.15, 0.2) is 47.4 Å². The van der Waals surface area contributed by atoms with E-state index < -0.39 is 16.1 Å². The van der Waals surface area contributed by atoms with Gasteiger partial charge in [-0.25, -0.2) is 8.42 Å². The van der Waals surface area contributed by atoms with Crippen LogP contribution >= 0.6 is 0 Å². The zero-order valence-corrected chi connectivity index (χ0v) is 20.8. The highest BCUT2D eigenvalue weighted by Gasteiger charge is 2.31. The van der Waals surface area contributed by atoms with E-state index in [0.717, 1.165) is 36.1 Å². The van der Waals surface area contributed by atoms with Gasteiger partial charge >= 0.3 is 0 Å². The third-order valence-electron chi connectivity index (χ3n) is 6.64. The Balaban J connectivity index is 1.53. The molecule has 8 heteroatoms.